The summed E-state index contributed by atoms with van der Waals surface area (Å²) in [5.74, 6) is 0.114. The highest BCUT2D eigenvalue weighted by atomic mass is 16.5. The molecule has 8 heteroatoms. The van der Waals surface area contributed by atoms with E-state index < -0.39 is 0 Å². The number of nitrogens with zero attached hydrogens (tertiary/aromatic N) is 3. The molecule has 1 aromatic carbocycles. The predicted molar refractivity (Wildman–Crippen MR) is 135 cm³/mol. The number of methoxy groups -OCH3 is 1. The van der Waals surface area contributed by atoms with Crippen molar-refractivity contribution in [2.24, 2.45) is 0 Å². The highest BCUT2D eigenvalue weighted by molar-refractivity contribution is 6.18. The second kappa shape index (κ2) is 13.0. The van der Waals surface area contributed by atoms with Gasteiger partial charge in [0, 0.05) is 39.3 Å². The Morgan fingerprint density at radius 3 is 2.74 bits per heavy atom. The molecule has 34 heavy (non-hydrogen) atoms. The third-order valence-corrected chi connectivity index (χ3v) is 5.87. The number of aromatic nitrogens is 2. The standard InChI is InChI=1S/C26H35N5O3/c1-4-5-6-7-22(19(2)32)26(33)28-17-20-8-9-23-24(16-20)30-25(18-27-23)29-21-10-12-31(13-11-21)14-15-34-3/h5-9,16,18,21H,4,10-15,17H2,1-3H3,(H,28,33)(H,29,30)/b6-5-,22-7+. The minimum Gasteiger partial charge on any atom is -0.383 e. The molecule has 0 atom stereocenters. The normalized spacial score (nSPS) is 15.7. The molecule has 0 aliphatic carbocycles. The van der Waals surface area contributed by atoms with E-state index in [0.717, 1.165) is 67.9 Å². The minimum atomic E-state index is -0.383. The highest BCUT2D eigenvalue weighted by Gasteiger charge is 2.19. The van der Waals surface area contributed by atoms with Crippen molar-refractivity contribution in [1.29, 1.82) is 0 Å². The molecule has 3 rings (SSSR count). The van der Waals surface area contributed by atoms with Crippen LogP contribution in [0.3, 0.4) is 0 Å². The molecule has 8 nitrogen and oxygen atoms in total. The number of rotatable bonds is 11. The third-order valence-electron chi connectivity index (χ3n) is 5.87. The Hall–Kier alpha value is -3.10. The van der Waals surface area contributed by atoms with Crippen molar-refractivity contribution in [1.82, 2.24) is 20.2 Å². The summed E-state index contributed by atoms with van der Waals surface area (Å²) in [6.45, 7) is 7.50. The maximum atomic E-state index is 12.5. The molecule has 0 radical (unpaired) electrons. The number of piperidine rings is 1. The third kappa shape index (κ3) is 7.46. The monoisotopic (exact) mass is 465 g/mol. The highest BCUT2D eigenvalue weighted by Crippen LogP contribution is 2.18. The fraction of sp³-hybridized carbons (Fsp3) is 0.462. The number of carbonyl (C=O) groups excluding carboxylic acids is 2. The van der Waals surface area contributed by atoms with Crippen molar-refractivity contribution >= 4 is 28.5 Å². The summed E-state index contributed by atoms with van der Waals surface area (Å²) < 4.78 is 5.17. The van der Waals surface area contributed by atoms with E-state index in [-0.39, 0.29) is 17.3 Å². The summed E-state index contributed by atoms with van der Waals surface area (Å²) >= 11 is 0. The van der Waals surface area contributed by atoms with Crippen LogP contribution in [0.5, 0.6) is 0 Å². The van der Waals surface area contributed by atoms with Gasteiger partial charge in [-0.2, -0.15) is 0 Å². The SMILES string of the molecule is CC/C=C\C=C(/C(C)=O)C(=O)NCc1ccc2ncc(NC3CCN(CCOC)CC3)nc2c1. The molecule has 1 fully saturated rings. The zero-order chi connectivity index (χ0) is 24.3. The van der Waals surface area contributed by atoms with Crippen LogP contribution < -0.4 is 10.6 Å². The van der Waals surface area contributed by atoms with Crippen LogP contribution >= 0.6 is 0 Å². The van der Waals surface area contributed by atoms with Gasteiger partial charge in [-0.05, 0) is 50.0 Å². The first-order valence-electron chi connectivity index (χ1n) is 11.9. The average molecular weight is 466 g/mol. The van der Waals surface area contributed by atoms with Gasteiger partial charge in [-0.15, -0.1) is 0 Å². The lowest BCUT2D eigenvalue weighted by Gasteiger charge is -2.32. The van der Waals surface area contributed by atoms with Gasteiger partial charge >= 0.3 is 0 Å². The first-order chi connectivity index (χ1) is 16.5. The van der Waals surface area contributed by atoms with Crippen LogP contribution in [0.1, 0.15) is 38.7 Å². The van der Waals surface area contributed by atoms with Gasteiger partial charge in [-0.3, -0.25) is 14.6 Å². The number of ether oxygens (including phenoxy) is 1. The van der Waals surface area contributed by atoms with Gasteiger partial charge in [0.1, 0.15) is 5.82 Å². The molecule has 2 N–H and O–H groups in total. The zero-order valence-electron chi connectivity index (χ0n) is 20.3. The number of likely N-dealkylation sites (tertiary alicyclic amines) is 1. The van der Waals surface area contributed by atoms with Crippen molar-refractivity contribution in [3.05, 3.63) is 53.8 Å². The van der Waals surface area contributed by atoms with Gasteiger partial charge in [0.25, 0.3) is 5.91 Å². The quantitative estimate of drug-likeness (QED) is 0.228. The second-order valence-electron chi connectivity index (χ2n) is 8.49. The lowest BCUT2D eigenvalue weighted by atomic mass is 10.1. The summed E-state index contributed by atoms with van der Waals surface area (Å²) in [6.07, 6.45) is 9.91. The summed E-state index contributed by atoms with van der Waals surface area (Å²) in [5, 5.41) is 6.35. The van der Waals surface area contributed by atoms with E-state index in [1.54, 1.807) is 25.5 Å². The van der Waals surface area contributed by atoms with Crippen LogP contribution in [-0.4, -0.2) is 66.0 Å². The average Bonchev–Trinajstić information content (AvgIpc) is 2.84. The van der Waals surface area contributed by atoms with Gasteiger partial charge in [-0.1, -0.05) is 25.1 Å². The molecular weight excluding hydrogens is 430 g/mol. The fourth-order valence-corrected chi connectivity index (χ4v) is 3.90. The molecule has 2 heterocycles. The summed E-state index contributed by atoms with van der Waals surface area (Å²) in [6, 6.07) is 6.10. The van der Waals surface area contributed by atoms with Gasteiger partial charge in [0.2, 0.25) is 0 Å². The Kier molecular flexibility index (Phi) is 9.73. The Balaban J connectivity index is 1.60. The minimum absolute atomic E-state index is 0.144. The summed E-state index contributed by atoms with van der Waals surface area (Å²) in [7, 11) is 1.73. The number of Topliss-reactive ketones (excluding diaryl/α,β-unsaturated/α-hetero) is 1. The van der Waals surface area contributed by atoms with Crippen molar-refractivity contribution < 1.29 is 14.3 Å². The number of fused-ring (bicyclic) bond motifs is 1. The number of hydrogen-bond donors (Lipinski definition) is 2. The zero-order valence-corrected chi connectivity index (χ0v) is 20.3. The van der Waals surface area contributed by atoms with Crippen LogP contribution in [0.2, 0.25) is 0 Å². The van der Waals surface area contributed by atoms with Gasteiger partial charge < -0.3 is 20.3 Å². The van der Waals surface area contributed by atoms with E-state index in [1.165, 1.54) is 6.92 Å². The molecule has 182 valence electrons. The van der Waals surface area contributed by atoms with Crippen LogP contribution in [0.15, 0.2) is 48.2 Å². The number of amides is 1. The maximum absolute atomic E-state index is 12.5. The number of ketones is 1. The molecular formula is C26H35N5O3. The van der Waals surface area contributed by atoms with Gasteiger partial charge in [0.05, 0.1) is 29.4 Å². The number of allylic oxidation sites excluding steroid dienone is 3. The molecule has 1 aliphatic rings. The van der Waals surface area contributed by atoms with Crippen molar-refractivity contribution in [2.75, 3.05) is 38.7 Å². The Morgan fingerprint density at radius 1 is 1.24 bits per heavy atom. The van der Waals surface area contributed by atoms with Crippen molar-refractivity contribution in [2.45, 2.75) is 45.7 Å². The van der Waals surface area contributed by atoms with Gasteiger partial charge in [0.15, 0.2) is 5.78 Å². The molecule has 1 amide bonds. The van der Waals surface area contributed by atoms with Crippen LogP contribution in [0.4, 0.5) is 5.82 Å². The molecule has 0 spiro atoms. The topological polar surface area (TPSA) is 96.5 Å². The van der Waals surface area contributed by atoms with Crippen LogP contribution in [-0.2, 0) is 20.9 Å². The van der Waals surface area contributed by atoms with E-state index in [9.17, 15) is 9.59 Å². The summed E-state index contributed by atoms with van der Waals surface area (Å²) in [5.41, 5.74) is 2.60. The number of nitrogens with one attached hydrogen (secondary N) is 2. The smallest absolute Gasteiger partial charge is 0.255 e. The fourth-order valence-electron chi connectivity index (χ4n) is 3.90. The van der Waals surface area contributed by atoms with Crippen LogP contribution in [0.25, 0.3) is 11.0 Å². The largest absolute Gasteiger partial charge is 0.383 e. The molecule has 2 aromatic rings. The van der Waals surface area contributed by atoms with Crippen LogP contribution in [0, 0.1) is 0 Å². The Morgan fingerprint density at radius 2 is 2.03 bits per heavy atom. The first-order valence-corrected chi connectivity index (χ1v) is 11.9. The van der Waals surface area contributed by atoms with E-state index >= 15 is 0 Å². The van der Waals surface area contributed by atoms with E-state index in [0.29, 0.717) is 12.6 Å². The second-order valence-corrected chi connectivity index (χ2v) is 8.49. The van der Waals surface area contributed by atoms with E-state index in [2.05, 4.69) is 20.5 Å². The Bertz CT molecular complexity index is 1040. The lowest BCUT2D eigenvalue weighted by molar-refractivity contribution is -0.121. The molecule has 1 aromatic heterocycles. The predicted octanol–water partition coefficient (Wildman–Crippen LogP) is 3.25. The number of hydrogen-bond acceptors (Lipinski definition) is 7. The van der Waals surface area contributed by atoms with Crippen molar-refractivity contribution in [3.8, 4) is 0 Å². The van der Waals surface area contributed by atoms with E-state index in [1.807, 2.05) is 31.2 Å². The first kappa shape index (κ1) is 25.5. The van der Waals surface area contributed by atoms with E-state index in [4.69, 9.17) is 9.72 Å². The van der Waals surface area contributed by atoms with Gasteiger partial charge in [-0.25, -0.2) is 4.98 Å². The molecule has 0 saturated carbocycles. The molecule has 0 bridgehead atoms. The molecule has 0 unspecified atom stereocenters. The molecule has 1 saturated heterocycles. The summed E-state index contributed by atoms with van der Waals surface area (Å²) in [4.78, 5) is 36.0. The van der Waals surface area contributed by atoms with Crippen molar-refractivity contribution in [3.63, 3.8) is 0 Å². The number of anilines is 1. The molecule has 1 aliphatic heterocycles. The Labute approximate surface area is 201 Å². The lowest BCUT2D eigenvalue weighted by Crippen LogP contribution is -2.40. The number of carbonyl (C=O) groups is 2. The number of benzene rings is 1. The maximum Gasteiger partial charge on any atom is 0.255 e.